The number of carbonyl (C=O) groups excluding carboxylic acids is 2. The molecule has 0 saturated carbocycles. The van der Waals surface area contributed by atoms with E-state index in [1.165, 1.54) is 44.9 Å². The van der Waals surface area contributed by atoms with Crippen LogP contribution in [0.15, 0.2) is 45.7 Å². The summed E-state index contributed by atoms with van der Waals surface area (Å²) in [5, 5.41) is 31.1. The highest BCUT2D eigenvalue weighted by atomic mass is 32.2. The van der Waals surface area contributed by atoms with E-state index in [2.05, 4.69) is 25.8 Å². The van der Waals surface area contributed by atoms with Crippen molar-refractivity contribution in [2.45, 2.75) is 28.7 Å². The molecule has 2 aliphatic rings. The van der Waals surface area contributed by atoms with E-state index < -0.39 is 23.3 Å². The van der Waals surface area contributed by atoms with Gasteiger partial charge in [0.1, 0.15) is 17.1 Å². The summed E-state index contributed by atoms with van der Waals surface area (Å²) in [5.74, 6) is -1.08. The van der Waals surface area contributed by atoms with Gasteiger partial charge in [-0.25, -0.2) is 9.48 Å². The third kappa shape index (κ3) is 6.28. The molecule has 3 heterocycles. The quantitative estimate of drug-likeness (QED) is 0.113. The van der Waals surface area contributed by atoms with E-state index in [1.807, 2.05) is 12.1 Å². The molecule has 1 fully saturated rings. The Kier molecular flexibility index (Phi) is 8.58. The highest BCUT2D eigenvalue weighted by Gasteiger charge is 2.54. The number of aromatic nitrogens is 4. The SMILES string of the molecule is Cn1nnnc1SCC1=C(C(=O)O)N2C(=O)C(NC(=O)Cc3ccc(CS/C(N)=N\C(=N)N)cc3)C2SC1. The predicted octanol–water partition coefficient (Wildman–Crippen LogP) is -0.275. The van der Waals surface area contributed by atoms with Crippen LogP contribution in [0.2, 0.25) is 0 Å². The average Bonchev–Trinajstić information content (AvgIpc) is 3.28. The lowest BCUT2D eigenvalue weighted by molar-refractivity contribution is -0.150. The number of guanidine groups is 1. The van der Waals surface area contributed by atoms with Gasteiger partial charge in [-0.15, -0.1) is 16.9 Å². The molecular formula is C21H24N10O4S3. The minimum atomic E-state index is -1.19. The van der Waals surface area contributed by atoms with Crippen LogP contribution in [0, 0.1) is 5.41 Å². The first-order chi connectivity index (χ1) is 18.1. The number of amidine groups is 1. The fourth-order valence-corrected chi connectivity index (χ4v) is 6.77. The maximum absolute atomic E-state index is 12.9. The molecule has 2 unspecified atom stereocenters. The second-order valence-corrected chi connectivity index (χ2v) is 11.2. The topological polar surface area (TPSA) is 219 Å². The number of hydrogen-bond donors (Lipinski definition) is 5. The molecule has 14 nitrogen and oxygen atoms in total. The Hall–Kier alpha value is -3.57. The molecule has 2 aliphatic heterocycles. The average molecular weight is 577 g/mol. The van der Waals surface area contributed by atoms with Crippen molar-refractivity contribution in [2.24, 2.45) is 23.5 Å². The maximum Gasteiger partial charge on any atom is 0.352 e. The highest BCUT2D eigenvalue weighted by molar-refractivity contribution is 8.13. The number of carboxylic acid groups (broad SMARTS) is 1. The summed E-state index contributed by atoms with van der Waals surface area (Å²) in [4.78, 5) is 42.5. The number of hydrogen-bond acceptors (Lipinski definition) is 10. The Labute approximate surface area is 229 Å². The van der Waals surface area contributed by atoms with E-state index in [-0.39, 0.29) is 29.2 Å². The Bertz CT molecular complexity index is 1330. The van der Waals surface area contributed by atoms with Crippen LogP contribution in [0.3, 0.4) is 0 Å². The minimum absolute atomic E-state index is 0.0469. The molecule has 2 amide bonds. The molecule has 7 N–H and O–H groups in total. The number of tetrazole rings is 1. The predicted molar refractivity (Wildman–Crippen MR) is 144 cm³/mol. The van der Waals surface area contributed by atoms with Crippen molar-refractivity contribution in [3.63, 3.8) is 0 Å². The van der Waals surface area contributed by atoms with Gasteiger partial charge in [0.05, 0.1) is 6.42 Å². The van der Waals surface area contributed by atoms with Gasteiger partial charge < -0.3 is 21.9 Å². The zero-order valence-electron chi connectivity index (χ0n) is 20.0. The molecule has 0 spiro atoms. The van der Waals surface area contributed by atoms with Gasteiger partial charge in [-0.2, -0.15) is 4.99 Å². The number of thioether (sulfide) groups is 3. The molecule has 17 heteroatoms. The number of aryl methyl sites for hydroxylation is 1. The molecular weight excluding hydrogens is 552 g/mol. The summed E-state index contributed by atoms with van der Waals surface area (Å²) >= 11 is 3.94. The van der Waals surface area contributed by atoms with E-state index in [1.54, 1.807) is 19.2 Å². The first kappa shape index (κ1) is 27.5. The van der Waals surface area contributed by atoms with Gasteiger partial charge in [-0.3, -0.25) is 19.9 Å². The van der Waals surface area contributed by atoms with Crippen LogP contribution in [0.4, 0.5) is 0 Å². The van der Waals surface area contributed by atoms with Crippen LogP contribution in [0.25, 0.3) is 0 Å². The lowest BCUT2D eigenvalue weighted by Crippen LogP contribution is -2.70. The molecule has 2 atom stereocenters. The fraction of sp³-hybridized carbons (Fsp3) is 0.333. The number of fused-ring (bicyclic) bond motifs is 1. The number of aliphatic carboxylic acids is 1. The normalized spacial score (nSPS) is 19.1. The Morgan fingerprint density at radius 2 is 1.97 bits per heavy atom. The van der Waals surface area contributed by atoms with Gasteiger partial charge in [-0.1, -0.05) is 47.8 Å². The number of aliphatic imine (C=N–C) groups is 1. The smallest absolute Gasteiger partial charge is 0.352 e. The summed E-state index contributed by atoms with van der Waals surface area (Å²) < 4.78 is 1.48. The molecule has 1 aromatic carbocycles. The Morgan fingerprint density at radius 1 is 1.26 bits per heavy atom. The van der Waals surface area contributed by atoms with Crippen molar-refractivity contribution in [1.82, 2.24) is 30.4 Å². The number of benzene rings is 1. The molecule has 0 aliphatic carbocycles. The van der Waals surface area contributed by atoms with Crippen molar-refractivity contribution in [1.29, 1.82) is 5.41 Å². The molecule has 200 valence electrons. The largest absolute Gasteiger partial charge is 0.477 e. The Morgan fingerprint density at radius 3 is 2.61 bits per heavy atom. The summed E-state index contributed by atoms with van der Waals surface area (Å²) in [7, 11) is 1.69. The van der Waals surface area contributed by atoms with E-state index in [0.29, 0.717) is 28.0 Å². The van der Waals surface area contributed by atoms with Crippen molar-refractivity contribution >= 4 is 64.2 Å². The summed E-state index contributed by atoms with van der Waals surface area (Å²) in [6, 6.07) is 6.52. The molecule has 2 aromatic rings. The standard InChI is InChI=1S/C21H24N10O4S3/c1-30-21(27-28-29-30)38-9-12-8-36-17-14(16(33)31(17)15(12)18(34)35)25-13(32)6-10-2-4-11(5-3-10)7-37-20(24)26-19(22)23/h2-5,14,17H,6-9H2,1H3,(H,25,32)(H,34,35)(H5,22,23,24,26). The number of amides is 2. The molecule has 0 bridgehead atoms. The first-order valence-corrected chi connectivity index (χ1v) is 14.1. The number of nitrogens with one attached hydrogen (secondary N) is 2. The second-order valence-electron chi connectivity index (χ2n) is 8.20. The van der Waals surface area contributed by atoms with Crippen LogP contribution in [0.5, 0.6) is 0 Å². The van der Waals surface area contributed by atoms with Gasteiger partial charge in [0.25, 0.3) is 5.91 Å². The van der Waals surface area contributed by atoms with Gasteiger partial charge >= 0.3 is 5.97 Å². The molecule has 1 aromatic heterocycles. The maximum atomic E-state index is 12.9. The number of carboxylic acids is 1. The third-order valence-electron chi connectivity index (χ3n) is 5.53. The van der Waals surface area contributed by atoms with Crippen LogP contribution >= 0.6 is 35.3 Å². The zero-order valence-corrected chi connectivity index (χ0v) is 22.5. The van der Waals surface area contributed by atoms with Gasteiger partial charge in [0.2, 0.25) is 17.0 Å². The number of β-lactam (4-membered cyclic amide) rings is 1. The lowest BCUT2D eigenvalue weighted by atomic mass is 10.0. The monoisotopic (exact) mass is 576 g/mol. The van der Waals surface area contributed by atoms with Crippen molar-refractivity contribution in [3.05, 3.63) is 46.7 Å². The molecule has 38 heavy (non-hydrogen) atoms. The second kappa shape index (κ2) is 11.9. The van der Waals surface area contributed by atoms with E-state index in [0.717, 1.165) is 11.1 Å². The van der Waals surface area contributed by atoms with Crippen LogP contribution in [0.1, 0.15) is 11.1 Å². The Balaban J connectivity index is 1.33. The summed E-state index contributed by atoms with van der Waals surface area (Å²) in [6.45, 7) is 0. The minimum Gasteiger partial charge on any atom is -0.477 e. The fourth-order valence-electron chi connectivity index (χ4n) is 3.76. The van der Waals surface area contributed by atoms with E-state index >= 15 is 0 Å². The number of nitrogens with two attached hydrogens (primary N) is 2. The summed E-state index contributed by atoms with van der Waals surface area (Å²) in [6.07, 6.45) is 0.0672. The van der Waals surface area contributed by atoms with Crippen LogP contribution < -0.4 is 16.8 Å². The number of rotatable bonds is 9. The summed E-state index contributed by atoms with van der Waals surface area (Å²) in [5.41, 5.74) is 13.1. The lowest BCUT2D eigenvalue weighted by Gasteiger charge is -2.49. The molecule has 1 saturated heterocycles. The first-order valence-electron chi connectivity index (χ1n) is 11.1. The van der Waals surface area contributed by atoms with Crippen LogP contribution in [-0.2, 0) is 33.6 Å². The number of nitrogens with zero attached hydrogens (tertiary/aromatic N) is 6. The molecule has 0 radical (unpaired) electrons. The van der Waals surface area contributed by atoms with Crippen molar-refractivity contribution < 1.29 is 19.5 Å². The highest BCUT2D eigenvalue weighted by Crippen LogP contribution is 2.41. The molecule has 4 rings (SSSR count). The van der Waals surface area contributed by atoms with E-state index in [4.69, 9.17) is 16.9 Å². The third-order valence-corrected chi connectivity index (χ3v) is 8.83. The van der Waals surface area contributed by atoms with Crippen molar-refractivity contribution in [2.75, 3.05) is 11.5 Å². The zero-order chi connectivity index (χ0) is 27.4. The van der Waals surface area contributed by atoms with Gasteiger partial charge in [-0.05, 0) is 27.1 Å². The van der Waals surface area contributed by atoms with Gasteiger partial charge in [0, 0.05) is 24.3 Å². The van der Waals surface area contributed by atoms with Gasteiger partial charge in [0.15, 0.2) is 5.17 Å². The van der Waals surface area contributed by atoms with E-state index in [9.17, 15) is 19.5 Å². The van der Waals surface area contributed by atoms with Crippen molar-refractivity contribution in [3.8, 4) is 0 Å². The number of carbonyl (C=O) groups is 3. The van der Waals surface area contributed by atoms with Crippen LogP contribution in [-0.4, -0.2) is 82.0 Å².